The molecule has 0 amide bonds. The van der Waals surface area contributed by atoms with E-state index >= 15 is 0 Å². The van der Waals surface area contributed by atoms with Crippen LogP contribution in [-0.2, 0) is 9.53 Å². The molecule has 1 saturated carbocycles. The van der Waals surface area contributed by atoms with Crippen LogP contribution in [0, 0.1) is 5.92 Å². The molecule has 2 atom stereocenters. The van der Waals surface area contributed by atoms with Gasteiger partial charge in [-0.2, -0.15) is 0 Å². The number of pyridine rings is 1. The zero-order chi connectivity index (χ0) is 11.8. The minimum Gasteiger partial charge on any atom is -0.466 e. The summed E-state index contributed by atoms with van der Waals surface area (Å²) < 4.78 is 6.09. The number of nitrogens with zero attached hydrogens (tertiary/aromatic N) is 2. The second-order valence-corrected chi connectivity index (χ2v) is 5.14. The van der Waals surface area contributed by atoms with Crippen LogP contribution >= 0.6 is 11.3 Å². The van der Waals surface area contributed by atoms with E-state index in [-0.39, 0.29) is 17.8 Å². The number of carbonyl (C=O) groups is 1. The molecule has 2 aromatic heterocycles. The molecule has 0 aromatic carbocycles. The van der Waals surface area contributed by atoms with Crippen molar-refractivity contribution in [2.24, 2.45) is 5.92 Å². The quantitative estimate of drug-likeness (QED) is 0.782. The van der Waals surface area contributed by atoms with Gasteiger partial charge in [0.1, 0.15) is 0 Å². The second-order valence-electron chi connectivity index (χ2n) is 4.08. The van der Waals surface area contributed by atoms with Crippen LogP contribution in [0.25, 0.3) is 10.3 Å². The number of hydrogen-bond acceptors (Lipinski definition) is 5. The standard InChI is InChI=1S/C12H12N2O2S/c1-2-16-12(15)8-6-7(8)11-14-10-9(17-11)4-3-5-13-10/h3-5,7-8H,2,6H2,1H3/t7-,8-/m0/s1. The number of esters is 1. The van der Waals surface area contributed by atoms with Crippen molar-refractivity contribution in [2.75, 3.05) is 6.61 Å². The molecule has 0 aliphatic heterocycles. The van der Waals surface area contributed by atoms with Crippen LogP contribution in [-0.4, -0.2) is 22.5 Å². The highest BCUT2D eigenvalue weighted by molar-refractivity contribution is 7.18. The van der Waals surface area contributed by atoms with Crippen molar-refractivity contribution in [1.82, 2.24) is 9.97 Å². The summed E-state index contributed by atoms with van der Waals surface area (Å²) in [7, 11) is 0. The predicted octanol–water partition coefficient (Wildman–Crippen LogP) is 2.36. The lowest BCUT2D eigenvalue weighted by atomic mass is 10.3. The van der Waals surface area contributed by atoms with E-state index in [1.807, 2.05) is 19.1 Å². The van der Waals surface area contributed by atoms with Gasteiger partial charge >= 0.3 is 5.97 Å². The summed E-state index contributed by atoms with van der Waals surface area (Å²) in [5, 5.41) is 1.01. The van der Waals surface area contributed by atoms with Gasteiger partial charge in [0, 0.05) is 12.1 Å². The van der Waals surface area contributed by atoms with Gasteiger partial charge in [-0.1, -0.05) is 0 Å². The highest BCUT2D eigenvalue weighted by atomic mass is 32.1. The molecule has 1 fully saturated rings. The average molecular weight is 248 g/mol. The van der Waals surface area contributed by atoms with Crippen molar-refractivity contribution in [2.45, 2.75) is 19.3 Å². The number of aromatic nitrogens is 2. The molecule has 0 bridgehead atoms. The summed E-state index contributed by atoms with van der Waals surface area (Å²) in [6.45, 7) is 2.28. The van der Waals surface area contributed by atoms with Crippen LogP contribution in [0.15, 0.2) is 18.3 Å². The number of fused-ring (bicyclic) bond motifs is 1. The molecule has 2 aromatic rings. The van der Waals surface area contributed by atoms with Crippen LogP contribution in [0.3, 0.4) is 0 Å². The van der Waals surface area contributed by atoms with Crippen molar-refractivity contribution in [1.29, 1.82) is 0 Å². The van der Waals surface area contributed by atoms with Crippen LogP contribution in [0.1, 0.15) is 24.3 Å². The molecule has 0 radical (unpaired) electrons. The van der Waals surface area contributed by atoms with Crippen LogP contribution < -0.4 is 0 Å². The third-order valence-corrected chi connectivity index (χ3v) is 4.02. The Morgan fingerprint density at radius 1 is 1.65 bits per heavy atom. The van der Waals surface area contributed by atoms with Gasteiger partial charge in [0.05, 0.1) is 22.2 Å². The lowest BCUT2D eigenvalue weighted by Gasteiger charge is -1.98. The first kappa shape index (κ1) is 10.7. The normalized spacial score (nSPS) is 22.6. The summed E-state index contributed by atoms with van der Waals surface area (Å²) >= 11 is 1.63. The fourth-order valence-corrected chi connectivity index (χ4v) is 3.03. The Labute approximate surface area is 103 Å². The molecule has 1 aliphatic carbocycles. The summed E-state index contributed by atoms with van der Waals surface area (Å²) in [6, 6.07) is 3.91. The van der Waals surface area contributed by atoms with E-state index in [0.717, 1.165) is 21.8 Å². The molecule has 0 N–H and O–H groups in total. The zero-order valence-electron chi connectivity index (χ0n) is 9.42. The van der Waals surface area contributed by atoms with Crippen molar-refractivity contribution in [3.8, 4) is 0 Å². The van der Waals surface area contributed by atoms with Gasteiger partial charge in [0.2, 0.25) is 0 Å². The number of hydrogen-bond donors (Lipinski definition) is 0. The smallest absolute Gasteiger partial charge is 0.309 e. The Bertz CT molecular complexity index is 533. The van der Waals surface area contributed by atoms with E-state index in [2.05, 4.69) is 9.97 Å². The van der Waals surface area contributed by atoms with Gasteiger partial charge in [-0.3, -0.25) is 4.79 Å². The minimum absolute atomic E-state index is 0.00973. The molecule has 2 heterocycles. The Morgan fingerprint density at radius 3 is 3.29 bits per heavy atom. The first-order valence-electron chi connectivity index (χ1n) is 5.67. The van der Waals surface area contributed by atoms with Crippen molar-refractivity contribution in [3.05, 3.63) is 23.3 Å². The fourth-order valence-electron chi connectivity index (χ4n) is 1.92. The largest absolute Gasteiger partial charge is 0.466 e. The average Bonchev–Trinajstić information content (AvgIpc) is 3.02. The molecule has 0 unspecified atom stereocenters. The van der Waals surface area contributed by atoms with Crippen LogP contribution in [0.4, 0.5) is 0 Å². The third-order valence-electron chi connectivity index (χ3n) is 2.88. The first-order chi connectivity index (χ1) is 8.29. The second kappa shape index (κ2) is 4.07. The number of thiazole rings is 1. The molecule has 1 aliphatic rings. The van der Waals surface area contributed by atoms with E-state index in [4.69, 9.17) is 4.74 Å². The Kier molecular flexibility index (Phi) is 2.55. The van der Waals surface area contributed by atoms with Gasteiger partial charge in [0.25, 0.3) is 0 Å². The molecule has 3 rings (SSSR count). The number of carbonyl (C=O) groups excluding carboxylic acids is 1. The van der Waals surface area contributed by atoms with Crippen LogP contribution in [0.5, 0.6) is 0 Å². The van der Waals surface area contributed by atoms with Gasteiger partial charge < -0.3 is 4.74 Å². The molecule has 17 heavy (non-hydrogen) atoms. The third kappa shape index (κ3) is 1.91. The van der Waals surface area contributed by atoms with Crippen molar-refractivity contribution in [3.63, 3.8) is 0 Å². The Balaban J connectivity index is 1.80. The molecule has 0 spiro atoms. The fraction of sp³-hybridized carbons (Fsp3) is 0.417. The molecule has 88 valence electrons. The highest BCUT2D eigenvalue weighted by Gasteiger charge is 2.47. The van der Waals surface area contributed by atoms with E-state index in [1.165, 1.54) is 0 Å². The number of ether oxygens (including phenoxy) is 1. The molecule has 5 heteroatoms. The SMILES string of the molecule is CCOC(=O)[C@H]1C[C@@H]1c1nc2ncccc2s1. The number of rotatable bonds is 3. The van der Waals surface area contributed by atoms with Gasteiger partial charge in [-0.25, -0.2) is 9.97 Å². The maximum Gasteiger partial charge on any atom is 0.309 e. The Hall–Kier alpha value is -1.49. The van der Waals surface area contributed by atoms with Gasteiger partial charge in [0.15, 0.2) is 5.65 Å². The van der Waals surface area contributed by atoms with Crippen molar-refractivity contribution < 1.29 is 9.53 Å². The summed E-state index contributed by atoms with van der Waals surface area (Å²) in [4.78, 5) is 20.2. The molecular formula is C12H12N2O2S. The maximum absolute atomic E-state index is 11.5. The zero-order valence-corrected chi connectivity index (χ0v) is 10.2. The summed E-state index contributed by atoms with van der Waals surface area (Å²) in [5.41, 5.74) is 0.780. The lowest BCUT2D eigenvalue weighted by Crippen LogP contribution is -2.07. The minimum atomic E-state index is -0.0929. The van der Waals surface area contributed by atoms with E-state index in [1.54, 1.807) is 17.5 Å². The van der Waals surface area contributed by atoms with E-state index in [0.29, 0.717) is 6.61 Å². The van der Waals surface area contributed by atoms with E-state index < -0.39 is 0 Å². The van der Waals surface area contributed by atoms with Crippen LogP contribution in [0.2, 0.25) is 0 Å². The summed E-state index contributed by atoms with van der Waals surface area (Å²) in [6.07, 6.45) is 2.60. The molecule has 4 nitrogen and oxygen atoms in total. The molecule has 0 saturated heterocycles. The maximum atomic E-state index is 11.5. The van der Waals surface area contributed by atoms with Gasteiger partial charge in [-0.15, -0.1) is 11.3 Å². The lowest BCUT2D eigenvalue weighted by molar-refractivity contribution is -0.144. The van der Waals surface area contributed by atoms with Gasteiger partial charge in [-0.05, 0) is 25.5 Å². The first-order valence-corrected chi connectivity index (χ1v) is 6.49. The summed E-state index contributed by atoms with van der Waals surface area (Å²) in [5.74, 6) is 0.161. The highest BCUT2D eigenvalue weighted by Crippen LogP contribution is 2.49. The predicted molar refractivity (Wildman–Crippen MR) is 64.9 cm³/mol. The van der Waals surface area contributed by atoms with E-state index in [9.17, 15) is 4.79 Å². The monoisotopic (exact) mass is 248 g/mol. The van der Waals surface area contributed by atoms with Crippen molar-refractivity contribution >= 4 is 27.7 Å². The topological polar surface area (TPSA) is 52.1 Å². The Morgan fingerprint density at radius 2 is 2.53 bits per heavy atom. The molecular weight excluding hydrogens is 236 g/mol.